The van der Waals surface area contributed by atoms with Gasteiger partial charge in [0.05, 0.1) is 6.21 Å². The van der Waals surface area contributed by atoms with E-state index in [-0.39, 0.29) is 5.91 Å². The van der Waals surface area contributed by atoms with Gasteiger partial charge in [0, 0.05) is 19.7 Å². The summed E-state index contributed by atoms with van der Waals surface area (Å²) in [4.78, 5) is 11.9. The van der Waals surface area contributed by atoms with Gasteiger partial charge in [-0.15, -0.1) is 0 Å². The second-order valence-electron chi connectivity index (χ2n) is 4.92. The van der Waals surface area contributed by atoms with E-state index in [9.17, 15) is 4.79 Å². The first kappa shape index (κ1) is 16.7. The van der Waals surface area contributed by atoms with Crippen LogP contribution >= 0.6 is 34.2 Å². The van der Waals surface area contributed by atoms with Crippen molar-refractivity contribution in [1.29, 1.82) is 0 Å². The van der Waals surface area contributed by atoms with Gasteiger partial charge < -0.3 is 4.42 Å². The van der Waals surface area contributed by atoms with E-state index >= 15 is 0 Å². The van der Waals surface area contributed by atoms with Crippen LogP contribution in [-0.4, -0.2) is 12.1 Å². The molecule has 1 amide bonds. The largest absolute Gasteiger partial charge is 0.455 e. The lowest BCUT2D eigenvalue weighted by molar-refractivity contribution is 0.0955. The van der Waals surface area contributed by atoms with E-state index in [1.807, 2.05) is 36.4 Å². The Morgan fingerprint density at radius 3 is 2.67 bits per heavy atom. The van der Waals surface area contributed by atoms with Crippen LogP contribution in [0.3, 0.4) is 0 Å². The molecule has 0 aliphatic rings. The summed E-state index contributed by atoms with van der Waals surface area (Å²) in [7, 11) is 0. The highest BCUT2D eigenvalue weighted by molar-refractivity contribution is 14.1. The van der Waals surface area contributed by atoms with E-state index < -0.39 is 0 Å². The van der Waals surface area contributed by atoms with Gasteiger partial charge in [-0.1, -0.05) is 23.7 Å². The second-order valence-corrected chi connectivity index (χ2v) is 6.60. The number of nitrogens with one attached hydrogen (secondary N) is 1. The molecule has 0 spiro atoms. The number of hydrogen-bond acceptors (Lipinski definition) is 3. The van der Waals surface area contributed by atoms with Gasteiger partial charge in [0.25, 0.3) is 5.91 Å². The molecule has 1 heterocycles. The van der Waals surface area contributed by atoms with Crippen molar-refractivity contribution in [2.24, 2.45) is 5.10 Å². The highest BCUT2D eigenvalue weighted by atomic mass is 127. The molecule has 4 nitrogen and oxygen atoms in total. The first-order chi connectivity index (χ1) is 11.6. The number of hydrogen-bond donors (Lipinski definition) is 1. The van der Waals surface area contributed by atoms with Crippen molar-refractivity contribution in [3.8, 4) is 11.3 Å². The molecule has 0 fully saturated rings. The van der Waals surface area contributed by atoms with Crippen molar-refractivity contribution in [3.63, 3.8) is 0 Å². The molecule has 6 heteroatoms. The molecule has 2 aromatic carbocycles. The molecule has 0 saturated carbocycles. The Morgan fingerprint density at radius 1 is 1.12 bits per heavy atom. The van der Waals surface area contributed by atoms with E-state index in [2.05, 4.69) is 33.1 Å². The summed E-state index contributed by atoms with van der Waals surface area (Å²) in [5.41, 5.74) is 3.90. The highest BCUT2D eigenvalue weighted by Gasteiger charge is 2.05. The Bertz CT molecular complexity index is 888. The maximum absolute atomic E-state index is 11.9. The van der Waals surface area contributed by atoms with Crippen LogP contribution in [0.4, 0.5) is 0 Å². The standard InChI is InChI=1S/C18H12ClIN2O2/c19-14-3-1-2-13(10-14)17-9-8-16(24-17)11-21-22-18(23)12-4-6-15(20)7-5-12/h1-11H,(H,22,23). The summed E-state index contributed by atoms with van der Waals surface area (Å²) >= 11 is 8.16. The summed E-state index contributed by atoms with van der Waals surface area (Å²) in [6.45, 7) is 0. The number of amides is 1. The van der Waals surface area contributed by atoms with E-state index in [0.717, 1.165) is 9.13 Å². The van der Waals surface area contributed by atoms with Crippen LogP contribution in [0.5, 0.6) is 0 Å². The van der Waals surface area contributed by atoms with Gasteiger partial charge in [-0.25, -0.2) is 5.43 Å². The van der Waals surface area contributed by atoms with Crippen LogP contribution in [0, 0.1) is 3.57 Å². The zero-order valence-electron chi connectivity index (χ0n) is 12.4. The molecule has 0 saturated heterocycles. The smallest absolute Gasteiger partial charge is 0.271 e. The summed E-state index contributed by atoms with van der Waals surface area (Å²) in [6.07, 6.45) is 1.46. The number of benzene rings is 2. The van der Waals surface area contributed by atoms with Crippen molar-refractivity contribution in [2.45, 2.75) is 0 Å². The van der Waals surface area contributed by atoms with Gasteiger partial charge in [-0.05, 0) is 71.1 Å². The van der Waals surface area contributed by atoms with E-state index in [4.69, 9.17) is 16.0 Å². The lowest BCUT2D eigenvalue weighted by atomic mass is 10.2. The van der Waals surface area contributed by atoms with E-state index in [1.165, 1.54) is 6.21 Å². The molecule has 1 aromatic heterocycles. The summed E-state index contributed by atoms with van der Waals surface area (Å²) in [5.74, 6) is 0.945. The number of halogens is 2. The maximum Gasteiger partial charge on any atom is 0.271 e. The molecular weight excluding hydrogens is 439 g/mol. The molecular formula is C18H12ClIN2O2. The number of hydrazone groups is 1. The zero-order chi connectivity index (χ0) is 16.9. The van der Waals surface area contributed by atoms with Crippen molar-refractivity contribution >= 4 is 46.3 Å². The van der Waals surface area contributed by atoms with Crippen LogP contribution in [0.15, 0.2) is 70.2 Å². The Morgan fingerprint density at radius 2 is 1.92 bits per heavy atom. The quantitative estimate of drug-likeness (QED) is 0.347. The van der Waals surface area contributed by atoms with Crippen LogP contribution in [0.1, 0.15) is 16.1 Å². The molecule has 0 unspecified atom stereocenters. The van der Waals surface area contributed by atoms with Gasteiger partial charge in [0.15, 0.2) is 0 Å². The van der Waals surface area contributed by atoms with E-state index in [1.54, 1.807) is 24.3 Å². The van der Waals surface area contributed by atoms with Crippen molar-refractivity contribution in [1.82, 2.24) is 5.43 Å². The molecule has 1 N–H and O–H groups in total. The van der Waals surface area contributed by atoms with Gasteiger partial charge in [0.2, 0.25) is 0 Å². The summed E-state index contributed by atoms with van der Waals surface area (Å²) < 4.78 is 6.73. The molecule has 3 aromatic rings. The monoisotopic (exact) mass is 450 g/mol. The minimum absolute atomic E-state index is 0.274. The normalized spacial score (nSPS) is 10.9. The fraction of sp³-hybridized carbons (Fsp3) is 0. The SMILES string of the molecule is O=C(NN=Cc1ccc(-c2cccc(Cl)c2)o1)c1ccc(I)cc1. The van der Waals surface area contributed by atoms with E-state index in [0.29, 0.717) is 22.1 Å². The molecule has 0 aliphatic carbocycles. The number of furan rings is 1. The Labute approximate surface area is 157 Å². The molecule has 0 bridgehead atoms. The molecule has 24 heavy (non-hydrogen) atoms. The number of carbonyl (C=O) groups is 1. The molecule has 0 atom stereocenters. The van der Waals surface area contributed by atoms with Crippen molar-refractivity contribution in [3.05, 3.63) is 80.6 Å². The van der Waals surface area contributed by atoms with Gasteiger partial charge >= 0.3 is 0 Å². The van der Waals surface area contributed by atoms with Crippen LogP contribution in [0.2, 0.25) is 5.02 Å². The van der Waals surface area contributed by atoms with Crippen LogP contribution in [0.25, 0.3) is 11.3 Å². The highest BCUT2D eigenvalue weighted by Crippen LogP contribution is 2.24. The van der Waals surface area contributed by atoms with Gasteiger partial charge in [-0.2, -0.15) is 5.10 Å². The lowest BCUT2D eigenvalue weighted by Crippen LogP contribution is -2.17. The predicted molar refractivity (Wildman–Crippen MR) is 103 cm³/mol. The average molecular weight is 451 g/mol. The minimum atomic E-state index is -0.274. The third kappa shape index (κ3) is 4.24. The topological polar surface area (TPSA) is 54.6 Å². The van der Waals surface area contributed by atoms with Crippen LogP contribution in [-0.2, 0) is 0 Å². The average Bonchev–Trinajstić information content (AvgIpc) is 3.04. The Hall–Kier alpha value is -2.12. The van der Waals surface area contributed by atoms with Gasteiger partial charge in [0.1, 0.15) is 11.5 Å². The third-order valence-electron chi connectivity index (χ3n) is 3.20. The van der Waals surface area contributed by atoms with Crippen molar-refractivity contribution < 1.29 is 9.21 Å². The second kappa shape index (κ2) is 7.63. The fourth-order valence-electron chi connectivity index (χ4n) is 2.04. The summed E-state index contributed by atoms with van der Waals surface area (Å²) in [6, 6.07) is 18.2. The summed E-state index contributed by atoms with van der Waals surface area (Å²) in [5, 5.41) is 4.56. The Balaban J connectivity index is 1.65. The number of nitrogens with zero attached hydrogens (tertiary/aromatic N) is 1. The first-order valence-corrected chi connectivity index (χ1v) is 8.52. The maximum atomic E-state index is 11.9. The van der Waals surface area contributed by atoms with Crippen LogP contribution < -0.4 is 5.43 Å². The Kier molecular flexibility index (Phi) is 5.32. The van der Waals surface area contributed by atoms with Crippen molar-refractivity contribution in [2.75, 3.05) is 0 Å². The number of rotatable bonds is 4. The predicted octanol–water partition coefficient (Wildman–Crippen LogP) is 4.97. The van der Waals surface area contributed by atoms with Gasteiger partial charge in [-0.3, -0.25) is 4.79 Å². The molecule has 120 valence electrons. The lowest BCUT2D eigenvalue weighted by Gasteiger charge is -1.99. The third-order valence-corrected chi connectivity index (χ3v) is 4.15. The fourth-order valence-corrected chi connectivity index (χ4v) is 2.59. The minimum Gasteiger partial charge on any atom is -0.455 e. The number of carbonyl (C=O) groups excluding carboxylic acids is 1. The molecule has 0 radical (unpaired) electrons. The zero-order valence-corrected chi connectivity index (χ0v) is 15.3. The molecule has 0 aliphatic heterocycles. The first-order valence-electron chi connectivity index (χ1n) is 7.06. The molecule has 3 rings (SSSR count).